The average Bonchev–Trinajstić information content (AvgIpc) is 2.96. The minimum absolute atomic E-state index is 0.104. The third kappa shape index (κ3) is 3.89. The van der Waals surface area contributed by atoms with Gasteiger partial charge in [-0.2, -0.15) is 0 Å². The van der Waals surface area contributed by atoms with E-state index >= 15 is 0 Å². The van der Waals surface area contributed by atoms with Crippen molar-refractivity contribution in [3.63, 3.8) is 0 Å². The Morgan fingerprint density at radius 2 is 1.74 bits per heavy atom. The molecule has 1 unspecified atom stereocenters. The summed E-state index contributed by atoms with van der Waals surface area (Å²) in [4.78, 5) is 27.7. The van der Waals surface area contributed by atoms with E-state index in [4.69, 9.17) is 0 Å². The molecule has 3 aromatic carbocycles. The van der Waals surface area contributed by atoms with Gasteiger partial charge in [-0.05, 0) is 35.2 Å². The summed E-state index contributed by atoms with van der Waals surface area (Å²) in [5, 5.41) is 11.4. The lowest BCUT2D eigenvalue weighted by atomic mass is 9.87. The molecule has 0 saturated carbocycles. The van der Waals surface area contributed by atoms with Crippen molar-refractivity contribution >= 4 is 17.4 Å². The van der Waals surface area contributed by atoms with Crippen molar-refractivity contribution in [1.29, 1.82) is 0 Å². The fourth-order valence-corrected chi connectivity index (χ4v) is 4.04. The highest BCUT2D eigenvalue weighted by atomic mass is 19.1. The van der Waals surface area contributed by atoms with Crippen LogP contribution in [0.3, 0.4) is 0 Å². The molecule has 158 valence electrons. The van der Waals surface area contributed by atoms with Crippen molar-refractivity contribution in [3.8, 4) is 0 Å². The zero-order chi connectivity index (χ0) is 22.2. The van der Waals surface area contributed by atoms with Crippen LogP contribution in [0, 0.1) is 5.82 Å². The second-order valence-electron chi connectivity index (χ2n) is 8.28. The lowest BCUT2D eigenvalue weighted by Gasteiger charge is -2.23. The van der Waals surface area contributed by atoms with Gasteiger partial charge >= 0.3 is 0 Å². The van der Waals surface area contributed by atoms with Crippen LogP contribution in [0.2, 0.25) is 0 Å². The smallest absolute Gasteiger partial charge is 0.264 e. The van der Waals surface area contributed by atoms with Gasteiger partial charge in [0.1, 0.15) is 5.82 Å². The predicted molar refractivity (Wildman–Crippen MR) is 117 cm³/mol. The Balaban J connectivity index is 1.64. The fraction of sp³-hybridized carbons (Fsp3) is 0.231. The molecule has 4 nitrogen and oxygen atoms in total. The van der Waals surface area contributed by atoms with Crippen LogP contribution >= 0.6 is 0 Å². The Bertz CT molecular complexity index is 1140. The second-order valence-corrected chi connectivity index (χ2v) is 8.28. The molecule has 1 N–H and O–H groups in total. The van der Waals surface area contributed by atoms with Gasteiger partial charge in [-0.3, -0.25) is 9.59 Å². The van der Waals surface area contributed by atoms with Crippen molar-refractivity contribution in [2.75, 3.05) is 4.90 Å². The van der Waals surface area contributed by atoms with Crippen LogP contribution in [-0.4, -0.2) is 16.8 Å². The SMILES string of the molecule is CC(C)c1ccc(C(=O)CC2(O)C(=O)N(Cc3cccc(F)c3)c3ccccc32)cc1. The molecule has 31 heavy (non-hydrogen) atoms. The summed E-state index contributed by atoms with van der Waals surface area (Å²) in [5.41, 5.74) is 1.12. The van der Waals surface area contributed by atoms with Crippen molar-refractivity contribution in [3.05, 3.63) is 101 Å². The largest absolute Gasteiger partial charge is 0.375 e. The molecule has 0 aromatic heterocycles. The highest BCUT2D eigenvalue weighted by Gasteiger charge is 2.50. The Morgan fingerprint density at radius 3 is 2.42 bits per heavy atom. The summed E-state index contributed by atoms with van der Waals surface area (Å²) in [5.74, 6) is -0.945. The molecule has 0 aliphatic carbocycles. The summed E-state index contributed by atoms with van der Waals surface area (Å²) in [6, 6.07) is 20.1. The number of fused-ring (bicyclic) bond motifs is 1. The number of halogens is 1. The first-order valence-corrected chi connectivity index (χ1v) is 10.3. The number of Topliss-reactive ketones (excluding diaryl/α,β-unsaturated/α-hetero) is 1. The molecule has 1 atom stereocenters. The van der Waals surface area contributed by atoms with Gasteiger partial charge in [0, 0.05) is 11.1 Å². The quantitative estimate of drug-likeness (QED) is 0.577. The first-order chi connectivity index (χ1) is 14.8. The van der Waals surface area contributed by atoms with Gasteiger partial charge in [0.05, 0.1) is 18.7 Å². The Labute approximate surface area is 181 Å². The number of carbonyl (C=O) groups is 2. The van der Waals surface area contributed by atoms with Gasteiger partial charge in [0.2, 0.25) is 0 Å². The molecular formula is C26H24FNO3. The molecule has 3 aromatic rings. The van der Waals surface area contributed by atoms with Crippen LogP contribution in [-0.2, 0) is 16.9 Å². The van der Waals surface area contributed by atoms with E-state index in [2.05, 4.69) is 13.8 Å². The molecule has 1 heterocycles. The Kier molecular flexibility index (Phi) is 5.46. The van der Waals surface area contributed by atoms with Crippen molar-refractivity contribution < 1.29 is 19.1 Å². The summed E-state index contributed by atoms with van der Waals surface area (Å²) < 4.78 is 13.6. The fourth-order valence-electron chi connectivity index (χ4n) is 4.04. The molecule has 0 spiro atoms. The highest BCUT2D eigenvalue weighted by molar-refractivity contribution is 6.10. The predicted octanol–water partition coefficient (Wildman–Crippen LogP) is 4.96. The number of amides is 1. The zero-order valence-electron chi connectivity index (χ0n) is 17.5. The molecule has 1 aliphatic heterocycles. The van der Waals surface area contributed by atoms with Crippen LogP contribution in [0.25, 0.3) is 0 Å². The number of rotatable bonds is 6. The van der Waals surface area contributed by atoms with Crippen LogP contribution in [0.1, 0.15) is 53.2 Å². The number of aliphatic hydroxyl groups is 1. The van der Waals surface area contributed by atoms with E-state index in [0.717, 1.165) is 5.56 Å². The van der Waals surface area contributed by atoms with Crippen molar-refractivity contribution in [2.45, 2.75) is 38.3 Å². The average molecular weight is 417 g/mol. The third-order valence-corrected chi connectivity index (χ3v) is 5.78. The summed E-state index contributed by atoms with van der Waals surface area (Å²) >= 11 is 0. The minimum Gasteiger partial charge on any atom is -0.375 e. The van der Waals surface area contributed by atoms with E-state index < -0.39 is 17.3 Å². The van der Waals surface area contributed by atoms with Gasteiger partial charge in [0.25, 0.3) is 5.91 Å². The maximum absolute atomic E-state index is 13.6. The lowest BCUT2D eigenvalue weighted by molar-refractivity contribution is -0.136. The standard InChI is InChI=1S/C26H24FNO3/c1-17(2)19-10-12-20(13-11-19)24(29)15-26(31)22-8-3-4-9-23(22)28(25(26)30)16-18-6-5-7-21(27)14-18/h3-14,17,31H,15-16H2,1-2H3. The molecule has 0 fully saturated rings. The van der Waals surface area contributed by atoms with Crippen LogP contribution in [0.5, 0.6) is 0 Å². The van der Waals surface area contributed by atoms with E-state index in [1.807, 2.05) is 12.1 Å². The van der Waals surface area contributed by atoms with E-state index in [1.54, 1.807) is 48.5 Å². The lowest BCUT2D eigenvalue weighted by Crippen LogP contribution is -2.41. The molecule has 1 aliphatic rings. The van der Waals surface area contributed by atoms with Crippen LogP contribution in [0.15, 0.2) is 72.8 Å². The second kappa shape index (κ2) is 8.08. The first-order valence-electron chi connectivity index (χ1n) is 10.3. The molecule has 4 rings (SSSR count). The van der Waals surface area contributed by atoms with Crippen molar-refractivity contribution in [2.24, 2.45) is 0 Å². The highest BCUT2D eigenvalue weighted by Crippen LogP contribution is 2.43. The number of para-hydroxylation sites is 1. The maximum Gasteiger partial charge on any atom is 0.264 e. The summed E-state index contributed by atoms with van der Waals surface area (Å²) in [6.45, 7) is 4.24. The number of nitrogens with zero attached hydrogens (tertiary/aromatic N) is 1. The van der Waals surface area contributed by atoms with E-state index in [1.165, 1.54) is 17.0 Å². The van der Waals surface area contributed by atoms with E-state index in [9.17, 15) is 19.1 Å². The minimum atomic E-state index is -1.96. The Morgan fingerprint density at radius 1 is 1.03 bits per heavy atom. The van der Waals surface area contributed by atoms with Crippen LogP contribution in [0.4, 0.5) is 10.1 Å². The zero-order valence-corrected chi connectivity index (χ0v) is 17.5. The Hall–Kier alpha value is -3.31. The van der Waals surface area contributed by atoms with Gasteiger partial charge in [0.15, 0.2) is 11.4 Å². The molecule has 0 bridgehead atoms. The van der Waals surface area contributed by atoms with Crippen LogP contribution < -0.4 is 4.90 Å². The summed E-state index contributed by atoms with van der Waals surface area (Å²) in [6.07, 6.45) is -0.358. The van der Waals surface area contributed by atoms with Gasteiger partial charge in [-0.25, -0.2) is 4.39 Å². The van der Waals surface area contributed by atoms with Gasteiger partial charge in [-0.15, -0.1) is 0 Å². The van der Waals surface area contributed by atoms with Crippen molar-refractivity contribution in [1.82, 2.24) is 0 Å². The number of hydrogen-bond acceptors (Lipinski definition) is 3. The molecule has 5 heteroatoms. The summed E-state index contributed by atoms with van der Waals surface area (Å²) in [7, 11) is 0. The van der Waals surface area contributed by atoms with Gasteiger partial charge < -0.3 is 10.0 Å². The maximum atomic E-state index is 13.6. The topological polar surface area (TPSA) is 57.6 Å². The third-order valence-electron chi connectivity index (χ3n) is 5.78. The number of hydrogen-bond donors (Lipinski definition) is 1. The first kappa shape index (κ1) is 20.9. The van der Waals surface area contributed by atoms with E-state index in [0.29, 0.717) is 28.3 Å². The molecule has 0 saturated heterocycles. The molecular weight excluding hydrogens is 393 g/mol. The number of ketones is 1. The number of benzene rings is 3. The number of carbonyl (C=O) groups excluding carboxylic acids is 2. The normalized spacial score (nSPS) is 17.8. The van der Waals surface area contributed by atoms with E-state index in [-0.39, 0.29) is 18.7 Å². The molecule has 1 amide bonds. The molecule has 0 radical (unpaired) electrons. The van der Waals surface area contributed by atoms with Gasteiger partial charge in [-0.1, -0.05) is 68.4 Å². The monoisotopic (exact) mass is 417 g/mol. The number of anilines is 1.